The highest BCUT2D eigenvalue weighted by Crippen LogP contribution is 2.29. The lowest BCUT2D eigenvalue weighted by molar-refractivity contribution is -0.139. The molecule has 202 valence electrons. The molecule has 3 rings (SSSR count). The topological polar surface area (TPSA) is 86.8 Å². The number of benzene rings is 3. The molecule has 0 heterocycles. The van der Waals surface area contributed by atoms with Crippen LogP contribution in [0.25, 0.3) is 0 Å². The molecule has 3 aromatic rings. The van der Waals surface area contributed by atoms with Gasteiger partial charge >= 0.3 is 0 Å². The van der Waals surface area contributed by atoms with Gasteiger partial charge in [0.15, 0.2) is 0 Å². The van der Waals surface area contributed by atoms with Gasteiger partial charge in [-0.3, -0.25) is 13.9 Å². The van der Waals surface area contributed by atoms with E-state index in [1.165, 1.54) is 41.3 Å². The van der Waals surface area contributed by atoms with Crippen LogP contribution in [0.4, 0.5) is 10.1 Å². The van der Waals surface area contributed by atoms with Crippen molar-refractivity contribution in [2.45, 2.75) is 51.2 Å². The fraction of sp³-hybridized carbons (Fsp3) is 0.286. The van der Waals surface area contributed by atoms with Crippen molar-refractivity contribution in [3.05, 3.63) is 94.8 Å². The zero-order chi connectivity index (χ0) is 28.0. The third-order valence-corrected chi connectivity index (χ3v) is 7.91. The van der Waals surface area contributed by atoms with Gasteiger partial charge in [-0.2, -0.15) is 0 Å². The second-order valence-corrected chi connectivity index (χ2v) is 11.5. The van der Waals surface area contributed by atoms with Gasteiger partial charge in [0.1, 0.15) is 18.4 Å². The number of hydrogen-bond acceptors (Lipinski definition) is 4. The number of hydrogen-bond donors (Lipinski definition) is 1. The number of nitrogens with zero attached hydrogens (tertiary/aromatic N) is 2. The summed E-state index contributed by atoms with van der Waals surface area (Å²) in [5.41, 5.74) is 1.43. The number of carbonyl (C=O) groups is 2. The minimum absolute atomic E-state index is 0.0119. The minimum atomic E-state index is -4.17. The Morgan fingerprint density at radius 3 is 2.18 bits per heavy atom. The summed E-state index contributed by atoms with van der Waals surface area (Å²) >= 11 is 6.11. The van der Waals surface area contributed by atoms with Crippen LogP contribution in [0.3, 0.4) is 0 Å². The Morgan fingerprint density at radius 2 is 1.61 bits per heavy atom. The van der Waals surface area contributed by atoms with Gasteiger partial charge in [0.05, 0.1) is 10.6 Å². The largest absolute Gasteiger partial charge is 0.352 e. The van der Waals surface area contributed by atoms with Crippen LogP contribution in [0.1, 0.15) is 31.9 Å². The Hall–Kier alpha value is -3.43. The Morgan fingerprint density at radius 1 is 0.974 bits per heavy atom. The number of nitrogens with one attached hydrogen (secondary N) is 1. The first-order valence-corrected chi connectivity index (χ1v) is 13.9. The summed E-state index contributed by atoms with van der Waals surface area (Å²) in [4.78, 5) is 28.0. The molecule has 0 aliphatic carbocycles. The second kappa shape index (κ2) is 12.4. The van der Waals surface area contributed by atoms with Crippen LogP contribution >= 0.6 is 11.6 Å². The highest BCUT2D eigenvalue weighted by Gasteiger charge is 2.33. The van der Waals surface area contributed by atoms with Gasteiger partial charge in [-0.05, 0) is 81.3 Å². The lowest BCUT2D eigenvalue weighted by Crippen LogP contribution is -2.52. The Labute approximate surface area is 228 Å². The Balaban J connectivity index is 2.05. The normalized spacial score (nSPS) is 12.2. The number of carbonyl (C=O) groups excluding carboxylic acids is 2. The molecule has 0 aromatic heterocycles. The van der Waals surface area contributed by atoms with E-state index in [0.717, 1.165) is 4.31 Å². The average molecular weight is 560 g/mol. The lowest BCUT2D eigenvalue weighted by Gasteiger charge is -2.32. The first-order valence-electron chi connectivity index (χ1n) is 12.1. The molecule has 10 heteroatoms. The van der Waals surface area contributed by atoms with Crippen LogP contribution < -0.4 is 9.62 Å². The molecule has 0 fully saturated rings. The van der Waals surface area contributed by atoms with E-state index in [0.29, 0.717) is 16.1 Å². The van der Waals surface area contributed by atoms with Crippen LogP contribution in [0.2, 0.25) is 5.02 Å². The molecule has 38 heavy (non-hydrogen) atoms. The zero-order valence-corrected chi connectivity index (χ0v) is 23.3. The molecule has 0 saturated carbocycles. The van der Waals surface area contributed by atoms with E-state index in [2.05, 4.69) is 5.32 Å². The number of aryl methyl sites for hydroxylation is 1. The number of anilines is 1. The van der Waals surface area contributed by atoms with Gasteiger partial charge in [0.25, 0.3) is 10.0 Å². The molecule has 0 radical (unpaired) electrons. The SMILES string of the molecule is Cc1cc(Cl)ccc1N(CC(=O)N(Cc1ccc(F)cc1)C(C)C(=O)NC(C)C)S(=O)(=O)c1ccccc1. The summed E-state index contributed by atoms with van der Waals surface area (Å²) in [6.07, 6.45) is 0. The van der Waals surface area contributed by atoms with Crippen molar-refractivity contribution in [3.63, 3.8) is 0 Å². The van der Waals surface area contributed by atoms with Crippen LogP contribution in [-0.4, -0.2) is 43.8 Å². The van der Waals surface area contributed by atoms with E-state index >= 15 is 0 Å². The average Bonchev–Trinajstić information content (AvgIpc) is 2.87. The molecule has 3 aromatic carbocycles. The lowest BCUT2D eigenvalue weighted by atomic mass is 10.1. The molecule has 0 aliphatic rings. The third kappa shape index (κ3) is 7.11. The fourth-order valence-electron chi connectivity index (χ4n) is 3.91. The molecule has 0 bridgehead atoms. The monoisotopic (exact) mass is 559 g/mol. The number of amides is 2. The summed E-state index contributed by atoms with van der Waals surface area (Å²) in [7, 11) is -4.17. The van der Waals surface area contributed by atoms with E-state index in [1.54, 1.807) is 64.1 Å². The smallest absolute Gasteiger partial charge is 0.264 e. The molecule has 7 nitrogen and oxygen atoms in total. The van der Waals surface area contributed by atoms with Crippen molar-refractivity contribution in [2.75, 3.05) is 10.8 Å². The zero-order valence-electron chi connectivity index (χ0n) is 21.7. The van der Waals surface area contributed by atoms with Crippen molar-refractivity contribution in [1.29, 1.82) is 0 Å². The standard InChI is InChI=1S/C28H31ClFN3O4S/c1-19(2)31-28(35)21(4)32(17-22-10-13-24(30)14-11-22)27(34)18-33(26-15-12-23(29)16-20(26)3)38(36,37)25-8-6-5-7-9-25/h5-16,19,21H,17-18H2,1-4H3,(H,31,35). The summed E-state index contributed by atoms with van der Waals surface area (Å²) < 4.78 is 42.1. The Bertz CT molecular complexity index is 1380. The maximum atomic E-state index is 13.8. The molecular weight excluding hydrogens is 529 g/mol. The van der Waals surface area contributed by atoms with Gasteiger partial charge in [-0.15, -0.1) is 0 Å². The molecule has 1 N–H and O–H groups in total. The summed E-state index contributed by atoms with van der Waals surface area (Å²) in [5, 5.41) is 3.21. The number of halogens is 2. The molecule has 0 saturated heterocycles. The molecule has 0 aliphatic heterocycles. The molecular formula is C28H31ClFN3O4S. The van der Waals surface area contributed by atoms with Gasteiger partial charge in [-0.25, -0.2) is 12.8 Å². The van der Waals surface area contributed by atoms with Gasteiger partial charge in [-0.1, -0.05) is 41.9 Å². The van der Waals surface area contributed by atoms with Crippen molar-refractivity contribution in [3.8, 4) is 0 Å². The van der Waals surface area contributed by atoms with Crippen molar-refractivity contribution >= 4 is 39.1 Å². The van der Waals surface area contributed by atoms with Crippen LogP contribution in [-0.2, 0) is 26.2 Å². The molecule has 1 unspecified atom stereocenters. The third-order valence-electron chi connectivity index (χ3n) is 5.90. The van der Waals surface area contributed by atoms with Gasteiger partial charge in [0.2, 0.25) is 11.8 Å². The summed E-state index contributed by atoms with van der Waals surface area (Å²) in [5.74, 6) is -1.43. The van der Waals surface area contributed by atoms with E-state index in [9.17, 15) is 22.4 Å². The quantitative estimate of drug-likeness (QED) is 0.382. The minimum Gasteiger partial charge on any atom is -0.352 e. The second-order valence-electron chi connectivity index (χ2n) is 9.24. The van der Waals surface area contributed by atoms with Crippen LogP contribution in [0.5, 0.6) is 0 Å². The number of sulfonamides is 1. The van der Waals surface area contributed by atoms with E-state index in [-0.39, 0.29) is 23.2 Å². The van der Waals surface area contributed by atoms with Gasteiger partial charge < -0.3 is 10.2 Å². The highest BCUT2D eigenvalue weighted by molar-refractivity contribution is 7.92. The van der Waals surface area contributed by atoms with Gasteiger partial charge in [0, 0.05) is 17.6 Å². The maximum absolute atomic E-state index is 13.8. The van der Waals surface area contributed by atoms with E-state index in [4.69, 9.17) is 11.6 Å². The van der Waals surface area contributed by atoms with Crippen molar-refractivity contribution < 1.29 is 22.4 Å². The van der Waals surface area contributed by atoms with Crippen LogP contribution in [0.15, 0.2) is 77.7 Å². The predicted molar refractivity (Wildman–Crippen MR) is 147 cm³/mol. The summed E-state index contributed by atoms with van der Waals surface area (Å²) in [6, 6.07) is 17.0. The first-order chi connectivity index (χ1) is 17.9. The van der Waals surface area contributed by atoms with Crippen molar-refractivity contribution in [1.82, 2.24) is 10.2 Å². The molecule has 1 atom stereocenters. The molecule has 0 spiro atoms. The molecule has 2 amide bonds. The highest BCUT2D eigenvalue weighted by atomic mass is 35.5. The van der Waals surface area contributed by atoms with Crippen molar-refractivity contribution in [2.24, 2.45) is 0 Å². The van der Waals surface area contributed by atoms with Crippen LogP contribution in [0, 0.1) is 12.7 Å². The maximum Gasteiger partial charge on any atom is 0.264 e. The fourth-order valence-corrected chi connectivity index (χ4v) is 5.63. The Kier molecular flexibility index (Phi) is 9.51. The van der Waals surface area contributed by atoms with E-state index < -0.39 is 40.2 Å². The first kappa shape index (κ1) is 29.1. The van der Waals surface area contributed by atoms with E-state index in [1.807, 2.05) is 0 Å². The predicted octanol–water partition coefficient (Wildman–Crippen LogP) is 4.92. The summed E-state index contributed by atoms with van der Waals surface area (Å²) in [6.45, 7) is 6.28. The number of rotatable bonds is 10.